The third kappa shape index (κ3) is 6.26. The topological polar surface area (TPSA) is 75.7 Å². The molecule has 0 unspecified atom stereocenters. The predicted molar refractivity (Wildman–Crippen MR) is 104 cm³/mol. The second-order valence-electron chi connectivity index (χ2n) is 5.96. The van der Waals surface area contributed by atoms with Crippen LogP contribution >= 0.6 is 0 Å². The van der Waals surface area contributed by atoms with E-state index in [9.17, 15) is 14.4 Å². The van der Waals surface area contributed by atoms with Crippen molar-refractivity contribution in [2.24, 2.45) is 0 Å². The van der Waals surface area contributed by atoms with Crippen LogP contribution in [0, 0.1) is 0 Å². The van der Waals surface area contributed by atoms with E-state index in [1.807, 2.05) is 30.3 Å². The molecule has 0 fully saturated rings. The molecule has 0 aromatic heterocycles. The van der Waals surface area contributed by atoms with Gasteiger partial charge in [-0.15, -0.1) is 0 Å². The molecule has 2 amide bonds. The highest BCUT2D eigenvalue weighted by Crippen LogP contribution is 2.16. The fraction of sp³-hybridized carbons (Fsp3) is 0.286. The van der Waals surface area contributed by atoms with Gasteiger partial charge in [-0.05, 0) is 43.2 Å². The Bertz CT molecular complexity index is 773. The molecular formula is C21H24N2O4. The maximum Gasteiger partial charge on any atom is 0.338 e. The molecule has 0 aliphatic heterocycles. The van der Waals surface area contributed by atoms with Crippen LogP contribution in [0.15, 0.2) is 54.6 Å². The minimum Gasteiger partial charge on any atom is -0.462 e. The summed E-state index contributed by atoms with van der Waals surface area (Å²) >= 11 is 0. The number of rotatable bonds is 8. The molecule has 1 N–H and O–H groups in total. The van der Waals surface area contributed by atoms with Crippen LogP contribution < -0.4 is 10.2 Å². The molecule has 0 saturated heterocycles. The van der Waals surface area contributed by atoms with Gasteiger partial charge in [0.05, 0.1) is 12.2 Å². The van der Waals surface area contributed by atoms with Gasteiger partial charge in [0.1, 0.15) is 6.54 Å². The fourth-order valence-corrected chi connectivity index (χ4v) is 2.57. The molecule has 2 rings (SSSR count). The number of hydrogen-bond acceptors (Lipinski definition) is 4. The number of ether oxygens (including phenoxy) is 1. The van der Waals surface area contributed by atoms with Crippen molar-refractivity contribution < 1.29 is 19.1 Å². The Labute approximate surface area is 159 Å². The van der Waals surface area contributed by atoms with Crippen molar-refractivity contribution in [2.45, 2.75) is 20.3 Å². The lowest BCUT2D eigenvalue weighted by Crippen LogP contribution is -2.40. The molecule has 0 saturated carbocycles. The predicted octanol–water partition coefficient (Wildman–Crippen LogP) is 2.58. The normalized spacial score (nSPS) is 10.1. The standard InChI is InChI=1S/C21H24N2O4/c1-3-27-21(26)18-9-11-19(12-10-18)23(16(2)24)15-20(25)22-14-13-17-7-5-4-6-8-17/h4-12H,3,13-15H2,1-2H3,(H,22,25). The van der Waals surface area contributed by atoms with Gasteiger partial charge in [-0.3, -0.25) is 9.59 Å². The number of benzene rings is 2. The van der Waals surface area contributed by atoms with E-state index in [4.69, 9.17) is 4.74 Å². The highest BCUT2D eigenvalue weighted by Gasteiger charge is 2.16. The smallest absolute Gasteiger partial charge is 0.338 e. The van der Waals surface area contributed by atoms with Crippen LogP contribution in [0.4, 0.5) is 5.69 Å². The lowest BCUT2D eigenvalue weighted by Gasteiger charge is -2.21. The Kier molecular flexibility index (Phi) is 7.55. The summed E-state index contributed by atoms with van der Waals surface area (Å²) in [6.45, 7) is 3.85. The van der Waals surface area contributed by atoms with E-state index < -0.39 is 5.97 Å². The number of nitrogens with zero attached hydrogens (tertiary/aromatic N) is 1. The Morgan fingerprint density at radius 3 is 2.26 bits per heavy atom. The molecule has 0 radical (unpaired) electrons. The third-order valence-electron chi connectivity index (χ3n) is 3.95. The van der Waals surface area contributed by atoms with Gasteiger partial charge in [0.15, 0.2) is 0 Å². The highest BCUT2D eigenvalue weighted by atomic mass is 16.5. The zero-order valence-electron chi connectivity index (χ0n) is 15.6. The largest absolute Gasteiger partial charge is 0.462 e. The molecule has 142 valence electrons. The van der Waals surface area contributed by atoms with Gasteiger partial charge in [0, 0.05) is 19.2 Å². The van der Waals surface area contributed by atoms with Crippen molar-refractivity contribution in [3.05, 3.63) is 65.7 Å². The molecule has 2 aromatic carbocycles. The summed E-state index contributed by atoms with van der Waals surface area (Å²) < 4.78 is 4.94. The Hall–Kier alpha value is -3.15. The van der Waals surface area contributed by atoms with E-state index in [1.165, 1.54) is 11.8 Å². The fourth-order valence-electron chi connectivity index (χ4n) is 2.57. The molecule has 0 bridgehead atoms. The number of carbonyl (C=O) groups excluding carboxylic acids is 3. The lowest BCUT2D eigenvalue weighted by atomic mass is 10.1. The van der Waals surface area contributed by atoms with E-state index in [0.29, 0.717) is 24.4 Å². The number of esters is 1. The Morgan fingerprint density at radius 2 is 1.67 bits per heavy atom. The quantitative estimate of drug-likeness (QED) is 0.727. The van der Waals surface area contributed by atoms with E-state index >= 15 is 0 Å². The molecule has 0 atom stereocenters. The van der Waals surface area contributed by atoms with Crippen LogP contribution in [0.5, 0.6) is 0 Å². The maximum absolute atomic E-state index is 12.2. The van der Waals surface area contributed by atoms with Gasteiger partial charge < -0.3 is 15.0 Å². The zero-order chi connectivity index (χ0) is 19.6. The number of hydrogen-bond donors (Lipinski definition) is 1. The van der Waals surface area contributed by atoms with Crippen molar-refractivity contribution >= 4 is 23.5 Å². The molecule has 0 aliphatic carbocycles. The third-order valence-corrected chi connectivity index (χ3v) is 3.95. The average Bonchev–Trinajstić information content (AvgIpc) is 2.67. The van der Waals surface area contributed by atoms with Crippen LogP contribution in [0.3, 0.4) is 0 Å². The van der Waals surface area contributed by atoms with Crippen molar-refractivity contribution in [2.75, 3.05) is 24.6 Å². The second-order valence-corrected chi connectivity index (χ2v) is 5.96. The van der Waals surface area contributed by atoms with Crippen molar-refractivity contribution in [1.82, 2.24) is 5.32 Å². The first kappa shape index (κ1) is 20.2. The van der Waals surface area contributed by atoms with Crippen LogP contribution in [-0.4, -0.2) is 37.5 Å². The van der Waals surface area contributed by atoms with E-state index in [2.05, 4.69) is 5.32 Å². The van der Waals surface area contributed by atoms with Gasteiger partial charge in [-0.1, -0.05) is 30.3 Å². The minimum absolute atomic E-state index is 0.0805. The van der Waals surface area contributed by atoms with Crippen molar-refractivity contribution in [3.63, 3.8) is 0 Å². The first-order valence-corrected chi connectivity index (χ1v) is 8.87. The Morgan fingerprint density at radius 1 is 1.00 bits per heavy atom. The van der Waals surface area contributed by atoms with Crippen molar-refractivity contribution in [3.8, 4) is 0 Å². The van der Waals surface area contributed by atoms with E-state index in [-0.39, 0.29) is 18.4 Å². The Balaban J connectivity index is 1.93. The van der Waals surface area contributed by atoms with E-state index in [1.54, 1.807) is 31.2 Å². The lowest BCUT2D eigenvalue weighted by molar-refractivity contribution is -0.123. The molecule has 0 spiro atoms. The molecule has 0 aliphatic rings. The highest BCUT2D eigenvalue weighted by molar-refractivity contribution is 5.98. The number of anilines is 1. The first-order chi connectivity index (χ1) is 13.0. The minimum atomic E-state index is -0.419. The van der Waals surface area contributed by atoms with Gasteiger partial charge in [0.2, 0.25) is 11.8 Å². The summed E-state index contributed by atoms with van der Waals surface area (Å²) in [6.07, 6.45) is 0.723. The number of nitrogens with one attached hydrogen (secondary N) is 1. The summed E-state index contributed by atoms with van der Waals surface area (Å²) in [7, 11) is 0. The summed E-state index contributed by atoms with van der Waals surface area (Å²) in [6, 6.07) is 16.3. The summed E-state index contributed by atoms with van der Waals surface area (Å²) in [5.74, 6) is -0.912. The van der Waals surface area contributed by atoms with Gasteiger partial charge in [0.25, 0.3) is 0 Å². The molecule has 6 nitrogen and oxygen atoms in total. The second kappa shape index (κ2) is 10.1. The van der Waals surface area contributed by atoms with Gasteiger partial charge in [-0.25, -0.2) is 4.79 Å². The van der Waals surface area contributed by atoms with Crippen LogP contribution in [0.25, 0.3) is 0 Å². The van der Waals surface area contributed by atoms with Gasteiger partial charge in [-0.2, -0.15) is 0 Å². The molecule has 2 aromatic rings. The number of carbonyl (C=O) groups is 3. The first-order valence-electron chi connectivity index (χ1n) is 8.87. The maximum atomic E-state index is 12.2. The van der Waals surface area contributed by atoms with Crippen molar-refractivity contribution in [1.29, 1.82) is 0 Å². The number of amides is 2. The molecule has 6 heteroatoms. The molecule has 27 heavy (non-hydrogen) atoms. The van der Waals surface area contributed by atoms with Crippen LogP contribution in [-0.2, 0) is 20.7 Å². The van der Waals surface area contributed by atoms with Crippen LogP contribution in [0.1, 0.15) is 29.8 Å². The molecule has 0 heterocycles. The average molecular weight is 368 g/mol. The summed E-state index contributed by atoms with van der Waals surface area (Å²) in [5.41, 5.74) is 2.08. The van der Waals surface area contributed by atoms with E-state index in [0.717, 1.165) is 12.0 Å². The monoisotopic (exact) mass is 368 g/mol. The SMILES string of the molecule is CCOC(=O)c1ccc(N(CC(=O)NCCc2ccccc2)C(C)=O)cc1. The van der Waals surface area contributed by atoms with Gasteiger partial charge >= 0.3 is 5.97 Å². The molecular weight excluding hydrogens is 344 g/mol. The zero-order valence-corrected chi connectivity index (χ0v) is 15.6. The van der Waals surface area contributed by atoms with Crippen LogP contribution in [0.2, 0.25) is 0 Å². The summed E-state index contributed by atoms with van der Waals surface area (Å²) in [5, 5.41) is 2.83. The summed E-state index contributed by atoms with van der Waals surface area (Å²) in [4.78, 5) is 37.2.